The summed E-state index contributed by atoms with van der Waals surface area (Å²) in [7, 11) is 1.80. The van der Waals surface area contributed by atoms with Gasteiger partial charge in [-0.05, 0) is 60.2 Å². The Bertz CT molecular complexity index is 1270. The van der Waals surface area contributed by atoms with Crippen LogP contribution in [0.5, 0.6) is 0 Å². The normalized spacial score (nSPS) is 18.2. The van der Waals surface area contributed by atoms with Crippen molar-refractivity contribution in [1.29, 1.82) is 0 Å². The number of amides is 2. The average Bonchev–Trinajstić information content (AvgIpc) is 3.39. The van der Waals surface area contributed by atoms with E-state index >= 15 is 0 Å². The molecule has 0 aliphatic heterocycles. The fraction of sp³-hybridized carbons (Fsp3) is 0.167. The van der Waals surface area contributed by atoms with Gasteiger partial charge in [-0.15, -0.1) is 23.2 Å². The summed E-state index contributed by atoms with van der Waals surface area (Å²) in [5.74, 6) is -2.83. The summed E-state index contributed by atoms with van der Waals surface area (Å²) < 4.78 is 12.1. The number of carbonyl (C=O) groups is 2. The molecule has 176 valence electrons. The molecule has 34 heavy (non-hydrogen) atoms. The lowest BCUT2D eigenvalue weighted by Crippen LogP contribution is -2.18. The van der Waals surface area contributed by atoms with E-state index in [0.29, 0.717) is 16.9 Å². The molecule has 2 atom stereocenters. The Kier molecular flexibility index (Phi) is 6.97. The van der Waals surface area contributed by atoms with Crippen LogP contribution in [-0.4, -0.2) is 23.2 Å². The van der Waals surface area contributed by atoms with Gasteiger partial charge in [0.15, 0.2) is 0 Å². The van der Waals surface area contributed by atoms with Crippen LogP contribution < -0.4 is 16.0 Å². The lowest BCUT2D eigenvalue weighted by atomic mass is 10.1. The van der Waals surface area contributed by atoms with Gasteiger partial charge in [0, 0.05) is 30.0 Å². The first-order chi connectivity index (χ1) is 16.1. The van der Waals surface area contributed by atoms with Crippen molar-refractivity contribution < 1.29 is 14.0 Å². The zero-order valence-electron chi connectivity index (χ0n) is 17.6. The minimum absolute atomic E-state index is 0.0818. The molecule has 0 aromatic heterocycles. The average molecular weight is 541 g/mol. The van der Waals surface area contributed by atoms with Crippen molar-refractivity contribution in [3.63, 3.8) is 0 Å². The van der Waals surface area contributed by atoms with Gasteiger partial charge in [-0.25, -0.2) is 4.39 Å². The Morgan fingerprint density at radius 1 is 0.853 bits per heavy atom. The van der Waals surface area contributed by atoms with Crippen molar-refractivity contribution in [2.75, 3.05) is 23.0 Å². The fourth-order valence-electron chi connectivity index (χ4n) is 3.69. The van der Waals surface area contributed by atoms with E-state index in [-0.39, 0.29) is 15.6 Å². The first-order valence-electron chi connectivity index (χ1n) is 10.1. The van der Waals surface area contributed by atoms with Crippen molar-refractivity contribution in [1.82, 2.24) is 0 Å². The van der Waals surface area contributed by atoms with Crippen molar-refractivity contribution in [3.8, 4) is 0 Å². The predicted octanol–water partition coefficient (Wildman–Crippen LogP) is 6.95. The molecule has 0 saturated heterocycles. The van der Waals surface area contributed by atoms with Crippen molar-refractivity contribution in [2.45, 2.75) is 10.3 Å². The second-order valence-electron chi connectivity index (χ2n) is 7.77. The van der Waals surface area contributed by atoms with Gasteiger partial charge in [0.25, 0.3) is 5.91 Å². The van der Waals surface area contributed by atoms with Gasteiger partial charge >= 0.3 is 0 Å². The third kappa shape index (κ3) is 4.96. The van der Waals surface area contributed by atoms with E-state index in [2.05, 4.69) is 16.0 Å². The first-order valence-corrected chi connectivity index (χ1v) is 11.7. The predicted molar refractivity (Wildman–Crippen MR) is 136 cm³/mol. The maximum absolute atomic E-state index is 13.5. The molecule has 3 aromatic rings. The lowest BCUT2D eigenvalue weighted by molar-refractivity contribution is -0.117. The highest BCUT2D eigenvalue weighted by atomic mass is 35.5. The monoisotopic (exact) mass is 539 g/mol. The van der Waals surface area contributed by atoms with Crippen molar-refractivity contribution in [2.24, 2.45) is 5.92 Å². The number of alkyl halides is 2. The van der Waals surface area contributed by atoms with Gasteiger partial charge in [-0.1, -0.05) is 29.3 Å². The number of halogens is 5. The molecular weight excluding hydrogens is 523 g/mol. The van der Waals surface area contributed by atoms with Gasteiger partial charge in [0.2, 0.25) is 5.91 Å². The molecule has 0 heterocycles. The van der Waals surface area contributed by atoms with Crippen LogP contribution in [0.15, 0.2) is 60.7 Å². The summed E-state index contributed by atoms with van der Waals surface area (Å²) in [6.07, 6.45) is 0. The van der Waals surface area contributed by atoms with E-state index in [4.69, 9.17) is 46.4 Å². The molecule has 1 aliphatic carbocycles. The Hall–Kier alpha value is -2.51. The molecule has 1 saturated carbocycles. The number of anilines is 3. The van der Waals surface area contributed by atoms with E-state index < -0.39 is 33.8 Å². The van der Waals surface area contributed by atoms with Crippen LogP contribution in [0.2, 0.25) is 10.0 Å². The van der Waals surface area contributed by atoms with Crippen molar-refractivity contribution in [3.05, 3.63) is 87.7 Å². The number of hydrogen-bond acceptors (Lipinski definition) is 3. The molecular formula is C24H18Cl4FN3O2. The SMILES string of the molecule is CNc1ccc(NC(=O)c2cc(NC(=O)[C@H]3[C@H](c4ccc(F)c(Cl)c4)C3(Cl)Cl)ccc2Cl)cc1. The molecule has 0 bridgehead atoms. The van der Waals surface area contributed by atoms with Crippen LogP contribution in [0, 0.1) is 11.7 Å². The molecule has 2 amide bonds. The third-order valence-corrected chi connectivity index (χ3v) is 7.11. The highest BCUT2D eigenvalue weighted by Crippen LogP contribution is 2.65. The van der Waals surface area contributed by atoms with E-state index in [9.17, 15) is 14.0 Å². The first kappa shape index (κ1) is 24.6. The van der Waals surface area contributed by atoms with Crippen LogP contribution in [-0.2, 0) is 4.79 Å². The Balaban J connectivity index is 1.48. The van der Waals surface area contributed by atoms with Crippen molar-refractivity contribution >= 4 is 75.3 Å². The maximum Gasteiger partial charge on any atom is 0.257 e. The summed E-state index contributed by atoms with van der Waals surface area (Å²) in [6.45, 7) is 0. The summed E-state index contributed by atoms with van der Waals surface area (Å²) in [5.41, 5.74) is 2.56. The van der Waals surface area contributed by atoms with Gasteiger partial charge < -0.3 is 16.0 Å². The highest BCUT2D eigenvalue weighted by molar-refractivity contribution is 6.53. The topological polar surface area (TPSA) is 70.2 Å². The lowest BCUT2D eigenvalue weighted by Gasteiger charge is -2.11. The molecule has 1 fully saturated rings. The Morgan fingerprint density at radius 3 is 2.15 bits per heavy atom. The van der Waals surface area contributed by atoms with Gasteiger partial charge in [0.1, 0.15) is 10.2 Å². The van der Waals surface area contributed by atoms with E-state index in [1.807, 2.05) is 12.1 Å². The molecule has 0 radical (unpaired) electrons. The number of rotatable bonds is 6. The molecule has 3 aromatic carbocycles. The minimum Gasteiger partial charge on any atom is -0.388 e. The second kappa shape index (κ2) is 9.62. The summed E-state index contributed by atoms with van der Waals surface area (Å²) in [5, 5.41) is 8.63. The standard InChI is InChI=1S/C24H18Cl4FN3O2/c1-30-13-3-5-14(6-4-13)31-22(33)16-11-15(7-8-17(16)25)32-23(34)21-20(24(21,27)28)12-2-9-19(29)18(26)10-12/h2-11,20-21,30H,1H3,(H,31,33)(H,32,34)/t20-,21+/m0/s1. The van der Waals surface area contributed by atoms with Crippen LogP contribution in [0.4, 0.5) is 21.5 Å². The van der Waals surface area contributed by atoms with Gasteiger partial charge in [-0.2, -0.15) is 0 Å². The summed E-state index contributed by atoms with van der Waals surface area (Å²) in [6, 6.07) is 15.8. The van der Waals surface area contributed by atoms with Crippen LogP contribution in [0.1, 0.15) is 21.8 Å². The number of nitrogens with one attached hydrogen (secondary N) is 3. The fourth-order valence-corrected chi connectivity index (χ4v) is 4.91. The largest absolute Gasteiger partial charge is 0.388 e. The van der Waals surface area contributed by atoms with E-state index in [1.54, 1.807) is 25.2 Å². The zero-order valence-corrected chi connectivity index (χ0v) is 20.7. The third-order valence-electron chi connectivity index (χ3n) is 5.55. The molecule has 4 rings (SSSR count). The van der Waals surface area contributed by atoms with Crippen LogP contribution >= 0.6 is 46.4 Å². The van der Waals surface area contributed by atoms with E-state index in [1.165, 1.54) is 30.3 Å². The minimum atomic E-state index is -1.38. The molecule has 0 spiro atoms. The smallest absolute Gasteiger partial charge is 0.257 e. The maximum atomic E-state index is 13.5. The molecule has 5 nitrogen and oxygen atoms in total. The summed E-state index contributed by atoms with van der Waals surface area (Å²) >= 11 is 24.8. The van der Waals surface area contributed by atoms with Gasteiger partial charge in [-0.3, -0.25) is 9.59 Å². The van der Waals surface area contributed by atoms with Crippen LogP contribution in [0.3, 0.4) is 0 Å². The van der Waals surface area contributed by atoms with Crippen LogP contribution in [0.25, 0.3) is 0 Å². The van der Waals surface area contributed by atoms with Gasteiger partial charge in [0.05, 0.1) is 21.5 Å². The van der Waals surface area contributed by atoms with E-state index in [0.717, 1.165) is 5.69 Å². The number of hydrogen-bond donors (Lipinski definition) is 3. The zero-order chi connectivity index (χ0) is 24.6. The Morgan fingerprint density at radius 2 is 1.50 bits per heavy atom. The number of benzene rings is 3. The molecule has 0 unspecified atom stereocenters. The summed E-state index contributed by atoms with van der Waals surface area (Å²) in [4.78, 5) is 25.7. The quantitative estimate of drug-likeness (QED) is 0.296. The second-order valence-corrected chi connectivity index (χ2v) is 10.0. The number of carbonyl (C=O) groups excluding carboxylic acids is 2. The molecule has 3 N–H and O–H groups in total. The molecule has 1 aliphatic rings. The highest BCUT2D eigenvalue weighted by Gasteiger charge is 2.67. The Labute approximate surface area is 215 Å². The molecule has 10 heteroatoms.